The zero-order valence-electron chi connectivity index (χ0n) is 17.1. The van der Waals surface area contributed by atoms with E-state index in [1.54, 1.807) is 31.2 Å². The maximum Gasteiger partial charge on any atom is 0.262 e. The van der Waals surface area contributed by atoms with Crippen LogP contribution < -0.4 is 18.9 Å². The van der Waals surface area contributed by atoms with Crippen LogP contribution in [-0.2, 0) is 20.0 Å². The highest BCUT2D eigenvalue weighted by Gasteiger charge is 2.20. The number of nitrogens with one attached hydrogen (secondary N) is 2. The Labute approximate surface area is 181 Å². The fraction of sp³-hybridized carbons (Fsp3) is 0.143. The number of para-hydroxylation sites is 2. The Bertz CT molecular complexity index is 1290. The number of ether oxygens (including phenoxy) is 2. The second-order valence-electron chi connectivity index (χ2n) is 6.56. The monoisotopic (exact) mass is 462 g/mol. The molecule has 0 aliphatic rings. The van der Waals surface area contributed by atoms with Gasteiger partial charge in [0.2, 0.25) is 0 Å². The first-order valence-corrected chi connectivity index (χ1v) is 12.1. The van der Waals surface area contributed by atoms with Crippen LogP contribution in [0.3, 0.4) is 0 Å². The van der Waals surface area contributed by atoms with Crippen molar-refractivity contribution < 1.29 is 26.3 Å². The molecule has 2 N–H and O–H groups in total. The molecule has 3 aromatic carbocycles. The van der Waals surface area contributed by atoms with E-state index in [1.807, 2.05) is 0 Å². The van der Waals surface area contributed by atoms with Crippen LogP contribution in [0.2, 0.25) is 0 Å². The zero-order chi connectivity index (χ0) is 22.6. The van der Waals surface area contributed by atoms with E-state index in [0.29, 0.717) is 17.1 Å². The lowest BCUT2D eigenvalue weighted by Gasteiger charge is -2.15. The molecule has 0 fully saturated rings. The van der Waals surface area contributed by atoms with Crippen molar-refractivity contribution in [3.63, 3.8) is 0 Å². The lowest BCUT2D eigenvalue weighted by atomic mass is 10.2. The van der Waals surface area contributed by atoms with Crippen molar-refractivity contribution in [2.45, 2.75) is 16.7 Å². The molecular weight excluding hydrogens is 440 g/mol. The molecular formula is C21H22N2O6S2. The Morgan fingerprint density at radius 1 is 0.677 bits per heavy atom. The van der Waals surface area contributed by atoms with Gasteiger partial charge in [0.15, 0.2) is 0 Å². The molecule has 0 aromatic heterocycles. The van der Waals surface area contributed by atoms with Gasteiger partial charge in [-0.15, -0.1) is 0 Å². The van der Waals surface area contributed by atoms with Crippen molar-refractivity contribution in [3.8, 4) is 11.5 Å². The summed E-state index contributed by atoms with van der Waals surface area (Å²) in [6, 6.07) is 16.6. The molecule has 0 heterocycles. The van der Waals surface area contributed by atoms with Crippen molar-refractivity contribution in [2.24, 2.45) is 0 Å². The predicted molar refractivity (Wildman–Crippen MR) is 119 cm³/mol. The van der Waals surface area contributed by atoms with Crippen LogP contribution in [0.15, 0.2) is 76.5 Å². The first kappa shape index (κ1) is 22.4. The number of hydrogen-bond acceptors (Lipinski definition) is 6. The molecule has 0 saturated heterocycles. The molecule has 3 rings (SSSR count). The van der Waals surface area contributed by atoms with Gasteiger partial charge in [-0.1, -0.05) is 18.2 Å². The molecule has 0 unspecified atom stereocenters. The predicted octanol–water partition coefficient (Wildman–Crippen LogP) is 3.61. The molecule has 31 heavy (non-hydrogen) atoms. The number of anilines is 2. The minimum absolute atomic E-state index is 0.0214. The van der Waals surface area contributed by atoms with Gasteiger partial charge in [0.25, 0.3) is 20.0 Å². The molecule has 3 aromatic rings. The Kier molecular flexibility index (Phi) is 6.42. The smallest absolute Gasteiger partial charge is 0.262 e. The van der Waals surface area contributed by atoms with Crippen molar-refractivity contribution in [3.05, 3.63) is 72.3 Å². The zero-order valence-corrected chi connectivity index (χ0v) is 18.7. The van der Waals surface area contributed by atoms with Crippen LogP contribution in [-0.4, -0.2) is 31.1 Å². The highest BCUT2D eigenvalue weighted by atomic mass is 32.2. The van der Waals surface area contributed by atoms with E-state index in [2.05, 4.69) is 9.44 Å². The highest BCUT2D eigenvalue weighted by Crippen LogP contribution is 2.28. The van der Waals surface area contributed by atoms with E-state index in [4.69, 9.17) is 9.47 Å². The van der Waals surface area contributed by atoms with Crippen LogP contribution in [0.5, 0.6) is 11.5 Å². The van der Waals surface area contributed by atoms with Gasteiger partial charge in [-0.05, 0) is 61.0 Å². The summed E-state index contributed by atoms with van der Waals surface area (Å²) in [6.45, 7) is 1.68. The van der Waals surface area contributed by atoms with E-state index in [1.165, 1.54) is 56.7 Å². The maximum atomic E-state index is 12.9. The molecule has 164 valence electrons. The van der Waals surface area contributed by atoms with E-state index in [-0.39, 0.29) is 21.2 Å². The largest absolute Gasteiger partial charge is 0.497 e. The van der Waals surface area contributed by atoms with Gasteiger partial charge < -0.3 is 9.47 Å². The summed E-state index contributed by atoms with van der Waals surface area (Å²) < 4.78 is 66.4. The summed E-state index contributed by atoms with van der Waals surface area (Å²) in [4.78, 5) is -0.0791. The minimum atomic E-state index is -4.00. The van der Waals surface area contributed by atoms with Crippen molar-refractivity contribution in [1.82, 2.24) is 0 Å². The molecule has 0 atom stereocenters. The number of hydrogen-bond donors (Lipinski definition) is 2. The Morgan fingerprint density at radius 3 is 1.90 bits per heavy atom. The molecule has 0 amide bonds. The minimum Gasteiger partial charge on any atom is -0.497 e. The Morgan fingerprint density at radius 2 is 1.26 bits per heavy atom. The van der Waals surface area contributed by atoms with Gasteiger partial charge in [-0.2, -0.15) is 0 Å². The van der Waals surface area contributed by atoms with Gasteiger partial charge in [-0.25, -0.2) is 16.8 Å². The topological polar surface area (TPSA) is 111 Å². The van der Waals surface area contributed by atoms with Gasteiger partial charge in [0, 0.05) is 0 Å². The van der Waals surface area contributed by atoms with Gasteiger partial charge in [0.05, 0.1) is 35.4 Å². The second kappa shape index (κ2) is 8.86. The van der Waals surface area contributed by atoms with Crippen LogP contribution in [0.1, 0.15) is 5.56 Å². The average molecular weight is 463 g/mol. The molecule has 10 heteroatoms. The van der Waals surface area contributed by atoms with Gasteiger partial charge in [-0.3, -0.25) is 9.44 Å². The first-order valence-electron chi connectivity index (χ1n) is 9.09. The van der Waals surface area contributed by atoms with Crippen LogP contribution >= 0.6 is 0 Å². The van der Waals surface area contributed by atoms with E-state index < -0.39 is 20.0 Å². The standard InChI is InChI=1S/C21H22N2O6S2/c1-15-8-11-18(31(26,27)22-19-6-4-5-7-21(19)29-3)14-20(15)23-30(24,25)17-12-9-16(28-2)10-13-17/h4-14,22-23H,1-3H3. The number of aryl methyl sites for hydroxylation is 1. The van der Waals surface area contributed by atoms with E-state index in [9.17, 15) is 16.8 Å². The second-order valence-corrected chi connectivity index (χ2v) is 9.93. The molecule has 0 saturated carbocycles. The molecule has 0 radical (unpaired) electrons. The number of sulfonamides is 2. The fourth-order valence-corrected chi connectivity index (χ4v) is 4.99. The van der Waals surface area contributed by atoms with Crippen molar-refractivity contribution in [1.29, 1.82) is 0 Å². The fourth-order valence-electron chi connectivity index (χ4n) is 2.77. The molecule has 0 aliphatic heterocycles. The Balaban J connectivity index is 1.92. The van der Waals surface area contributed by atoms with Crippen molar-refractivity contribution in [2.75, 3.05) is 23.7 Å². The number of methoxy groups -OCH3 is 2. The SMILES string of the molecule is COc1ccc(S(=O)(=O)Nc2cc(S(=O)(=O)Nc3ccccc3OC)ccc2C)cc1. The molecule has 0 spiro atoms. The average Bonchev–Trinajstić information content (AvgIpc) is 2.75. The summed E-state index contributed by atoms with van der Waals surface area (Å²) in [5, 5.41) is 0. The third-order valence-electron chi connectivity index (χ3n) is 4.48. The third-order valence-corrected chi connectivity index (χ3v) is 7.23. The number of benzene rings is 3. The highest BCUT2D eigenvalue weighted by molar-refractivity contribution is 7.93. The summed E-state index contributed by atoms with van der Waals surface area (Å²) in [5.74, 6) is 0.879. The normalized spacial score (nSPS) is 11.6. The summed E-state index contributed by atoms with van der Waals surface area (Å²) >= 11 is 0. The Hall–Kier alpha value is -3.24. The van der Waals surface area contributed by atoms with Gasteiger partial charge in [0.1, 0.15) is 11.5 Å². The lowest BCUT2D eigenvalue weighted by Crippen LogP contribution is -2.16. The first-order chi connectivity index (χ1) is 14.7. The molecule has 0 aliphatic carbocycles. The van der Waals surface area contributed by atoms with Crippen LogP contribution in [0, 0.1) is 6.92 Å². The quantitative estimate of drug-likeness (QED) is 0.529. The van der Waals surface area contributed by atoms with Crippen molar-refractivity contribution >= 4 is 31.4 Å². The van der Waals surface area contributed by atoms with Gasteiger partial charge >= 0.3 is 0 Å². The molecule has 0 bridgehead atoms. The number of rotatable bonds is 8. The van der Waals surface area contributed by atoms with E-state index >= 15 is 0 Å². The van der Waals surface area contributed by atoms with E-state index in [0.717, 1.165) is 0 Å². The summed E-state index contributed by atoms with van der Waals surface area (Å²) in [5.41, 5.74) is 0.984. The summed E-state index contributed by atoms with van der Waals surface area (Å²) in [7, 11) is -5.01. The van der Waals surface area contributed by atoms with Crippen LogP contribution in [0.4, 0.5) is 11.4 Å². The maximum absolute atomic E-state index is 12.9. The van der Waals surface area contributed by atoms with Crippen LogP contribution in [0.25, 0.3) is 0 Å². The third kappa shape index (κ3) is 5.09. The lowest BCUT2D eigenvalue weighted by molar-refractivity contribution is 0.414. The molecule has 8 nitrogen and oxygen atoms in total. The summed E-state index contributed by atoms with van der Waals surface area (Å²) in [6.07, 6.45) is 0.